The zero-order valence-electron chi connectivity index (χ0n) is 8.18. The van der Waals surface area contributed by atoms with Gasteiger partial charge in [0.15, 0.2) is 0 Å². The Bertz CT molecular complexity index is 579. The van der Waals surface area contributed by atoms with Gasteiger partial charge in [0.05, 0.1) is 12.1 Å². The Morgan fingerprint density at radius 2 is 2.00 bits per heavy atom. The van der Waals surface area contributed by atoms with Crippen LogP contribution in [0, 0.1) is 0 Å². The largest absolute Gasteiger partial charge is 0.269 e. The van der Waals surface area contributed by atoms with Crippen molar-refractivity contribution in [2.45, 2.75) is 4.90 Å². The van der Waals surface area contributed by atoms with Crippen LogP contribution in [0.5, 0.6) is 0 Å². The number of carbonyl (C=O) groups excluding carboxylic acids is 1. The first-order valence-corrected chi connectivity index (χ1v) is 6.26. The molecule has 1 aliphatic rings. The van der Waals surface area contributed by atoms with Crippen LogP contribution in [-0.2, 0) is 10.0 Å². The fourth-order valence-electron chi connectivity index (χ4n) is 1.54. The third-order valence-corrected chi connectivity index (χ3v) is 4.13. The maximum atomic E-state index is 11.9. The molecule has 0 saturated carbocycles. The molecule has 84 valence electrons. The molecule has 1 aromatic carbocycles. The van der Waals surface area contributed by atoms with Crippen molar-refractivity contribution in [1.82, 2.24) is 4.31 Å². The molecule has 0 fully saturated rings. The Morgan fingerprint density at radius 3 is 2.56 bits per heavy atom. The van der Waals surface area contributed by atoms with Crippen LogP contribution in [0.1, 0.15) is 10.4 Å². The van der Waals surface area contributed by atoms with Gasteiger partial charge in [-0.25, -0.2) is 12.7 Å². The average Bonchev–Trinajstić information content (AvgIpc) is 2.41. The summed E-state index contributed by atoms with van der Waals surface area (Å²) in [5, 5.41) is 0.102. The molecule has 2 rings (SSSR count). The van der Waals surface area contributed by atoms with E-state index >= 15 is 0 Å². The topological polar surface area (TPSA) is 54.5 Å². The van der Waals surface area contributed by atoms with Crippen molar-refractivity contribution in [3.05, 3.63) is 41.4 Å². The van der Waals surface area contributed by atoms with E-state index in [4.69, 9.17) is 11.6 Å². The van der Waals surface area contributed by atoms with Crippen molar-refractivity contribution >= 4 is 27.5 Å². The maximum absolute atomic E-state index is 11.9. The molecule has 0 aromatic heterocycles. The van der Waals surface area contributed by atoms with Gasteiger partial charge in [0.25, 0.3) is 15.9 Å². The Hall–Kier alpha value is -1.33. The van der Waals surface area contributed by atoms with Crippen LogP contribution in [0.15, 0.2) is 40.8 Å². The van der Waals surface area contributed by atoms with Crippen molar-refractivity contribution in [2.75, 3.05) is 6.54 Å². The van der Waals surface area contributed by atoms with Crippen LogP contribution in [-0.4, -0.2) is 25.2 Å². The van der Waals surface area contributed by atoms with E-state index in [2.05, 4.69) is 6.58 Å². The summed E-state index contributed by atoms with van der Waals surface area (Å²) in [7, 11) is -3.75. The fourth-order valence-corrected chi connectivity index (χ4v) is 3.30. The molecule has 0 radical (unpaired) electrons. The van der Waals surface area contributed by atoms with Crippen LogP contribution in [0.2, 0.25) is 0 Å². The van der Waals surface area contributed by atoms with E-state index in [-0.39, 0.29) is 22.0 Å². The number of halogens is 1. The Labute approximate surface area is 98.2 Å². The fraction of sp³-hybridized carbons (Fsp3) is 0.100. The Balaban J connectivity index is 2.58. The number of nitrogens with zero attached hydrogens (tertiary/aromatic N) is 1. The van der Waals surface area contributed by atoms with E-state index in [9.17, 15) is 13.2 Å². The molecule has 0 saturated heterocycles. The lowest BCUT2D eigenvalue weighted by Gasteiger charge is -2.13. The molecule has 0 unspecified atom stereocenters. The van der Waals surface area contributed by atoms with Crippen molar-refractivity contribution in [3.63, 3.8) is 0 Å². The molecule has 1 aliphatic heterocycles. The molecule has 0 aliphatic carbocycles. The Morgan fingerprint density at radius 1 is 1.38 bits per heavy atom. The summed E-state index contributed by atoms with van der Waals surface area (Å²) in [6.07, 6.45) is 0. The quantitative estimate of drug-likeness (QED) is 0.808. The van der Waals surface area contributed by atoms with E-state index in [1.807, 2.05) is 0 Å². The molecular weight excluding hydrogens is 250 g/mol. The van der Waals surface area contributed by atoms with Gasteiger partial charge >= 0.3 is 0 Å². The molecular formula is C10H8ClNO3S. The highest BCUT2D eigenvalue weighted by atomic mass is 35.5. The van der Waals surface area contributed by atoms with E-state index in [0.29, 0.717) is 0 Å². The third kappa shape index (κ3) is 1.52. The highest BCUT2D eigenvalue weighted by molar-refractivity contribution is 7.90. The van der Waals surface area contributed by atoms with Gasteiger partial charge in [-0.1, -0.05) is 30.3 Å². The molecule has 1 aromatic rings. The van der Waals surface area contributed by atoms with E-state index < -0.39 is 15.9 Å². The molecule has 0 bridgehead atoms. The van der Waals surface area contributed by atoms with Gasteiger partial charge in [0.2, 0.25) is 0 Å². The first kappa shape index (κ1) is 11.2. The van der Waals surface area contributed by atoms with Gasteiger partial charge in [0, 0.05) is 5.03 Å². The number of benzene rings is 1. The molecule has 4 nitrogen and oxygen atoms in total. The van der Waals surface area contributed by atoms with Gasteiger partial charge in [-0.15, -0.1) is 0 Å². The van der Waals surface area contributed by atoms with Crippen LogP contribution in [0.25, 0.3) is 0 Å². The normalized spacial score (nSPS) is 17.3. The smallest absolute Gasteiger partial charge is 0.268 e. The van der Waals surface area contributed by atoms with Gasteiger partial charge in [-0.2, -0.15) is 0 Å². The van der Waals surface area contributed by atoms with Crippen LogP contribution in [0.4, 0.5) is 0 Å². The van der Waals surface area contributed by atoms with E-state index in [1.165, 1.54) is 12.1 Å². The molecule has 16 heavy (non-hydrogen) atoms. The number of sulfonamides is 1. The zero-order valence-corrected chi connectivity index (χ0v) is 9.75. The SMILES string of the molecule is C=C(Cl)CN1C(=O)c2ccccc2S1(=O)=O. The minimum absolute atomic E-state index is 0.0258. The number of amides is 1. The minimum atomic E-state index is -3.75. The van der Waals surface area contributed by atoms with Gasteiger partial charge in [0.1, 0.15) is 4.90 Å². The number of carbonyl (C=O) groups is 1. The highest BCUT2D eigenvalue weighted by Gasteiger charge is 2.40. The summed E-state index contributed by atoms with van der Waals surface area (Å²) in [6.45, 7) is 3.19. The van der Waals surface area contributed by atoms with Crippen molar-refractivity contribution in [1.29, 1.82) is 0 Å². The molecule has 0 spiro atoms. The van der Waals surface area contributed by atoms with Crippen LogP contribution in [0.3, 0.4) is 0 Å². The summed E-state index contributed by atoms with van der Waals surface area (Å²) >= 11 is 5.54. The van der Waals surface area contributed by atoms with E-state index in [1.54, 1.807) is 12.1 Å². The van der Waals surface area contributed by atoms with Crippen LogP contribution < -0.4 is 0 Å². The lowest BCUT2D eigenvalue weighted by Crippen LogP contribution is -2.31. The number of hydrogen-bond donors (Lipinski definition) is 0. The second kappa shape index (κ2) is 3.61. The average molecular weight is 258 g/mol. The van der Waals surface area contributed by atoms with Crippen molar-refractivity contribution in [2.24, 2.45) is 0 Å². The second-order valence-corrected chi connectivity index (χ2v) is 5.70. The molecule has 1 amide bonds. The van der Waals surface area contributed by atoms with E-state index in [0.717, 1.165) is 4.31 Å². The lowest BCUT2D eigenvalue weighted by atomic mass is 10.2. The van der Waals surface area contributed by atoms with Crippen molar-refractivity contribution < 1.29 is 13.2 Å². The lowest BCUT2D eigenvalue weighted by molar-refractivity contribution is 0.0880. The summed E-state index contributed by atoms with van der Waals surface area (Å²) in [6, 6.07) is 6.07. The highest BCUT2D eigenvalue weighted by Crippen LogP contribution is 2.30. The monoisotopic (exact) mass is 257 g/mol. The van der Waals surface area contributed by atoms with Crippen molar-refractivity contribution in [3.8, 4) is 0 Å². The zero-order chi connectivity index (χ0) is 11.9. The number of fused-ring (bicyclic) bond motifs is 1. The molecule has 6 heteroatoms. The molecule has 1 heterocycles. The predicted molar refractivity (Wildman–Crippen MR) is 59.7 cm³/mol. The van der Waals surface area contributed by atoms with Gasteiger partial charge in [-0.05, 0) is 12.1 Å². The number of hydrogen-bond acceptors (Lipinski definition) is 3. The standard InChI is InChI=1S/C10H8ClNO3S/c1-7(11)6-12-10(13)8-4-2-3-5-9(8)16(12,14)15/h2-5H,1,6H2. The van der Waals surface area contributed by atoms with Crippen LogP contribution >= 0.6 is 11.6 Å². The van der Waals surface area contributed by atoms with Gasteiger partial charge in [-0.3, -0.25) is 4.79 Å². The molecule has 0 N–H and O–H groups in total. The maximum Gasteiger partial charge on any atom is 0.269 e. The Kier molecular flexibility index (Phi) is 2.52. The third-order valence-electron chi connectivity index (χ3n) is 2.23. The predicted octanol–water partition coefficient (Wildman–Crippen LogP) is 1.58. The second-order valence-electron chi connectivity index (χ2n) is 3.33. The number of rotatable bonds is 2. The summed E-state index contributed by atoms with van der Waals surface area (Å²) in [4.78, 5) is 11.8. The first-order chi connectivity index (χ1) is 7.44. The summed E-state index contributed by atoms with van der Waals surface area (Å²) < 4.78 is 24.6. The summed E-state index contributed by atoms with van der Waals surface area (Å²) in [5.41, 5.74) is 0.181. The van der Waals surface area contributed by atoms with Gasteiger partial charge < -0.3 is 0 Å². The summed E-state index contributed by atoms with van der Waals surface area (Å²) in [5.74, 6) is -0.558. The minimum Gasteiger partial charge on any atom is -0.268 e. The molecule has 0 atom stereocenters. The first-order valence-electron chi connectivity index (χ1n) is 4.44.